The van der Waals surface area contributed by atoms with Gasteiger partial charge in [-0.15, -0.1) is 0 Å². The molecule has 12 heteroatoms. The van der Waals surface area contributed by atoms with Crippen LogP contribution >= 0.6 is 0 Å². The van der Waals surface area contributed by atoms with Gasteiger partial charge in [0.15, 0.2) is 11.5 Å². The maximum absolute atomic E-state index is 15.1. The fourth-order valence-electron chi connectivity index (χ4n) is 5.15. The summed E-state index contributed by atoms with van der Waals surface area (Å²) in [5.74, 6) is -3.77. The van der Waals surface area contributed by atoms with Crippen molar-refractivity contribution in [3.63, 3.8) is 0 Å². The molecule has 9 nitrogen and oxygen atoms in total. The molecule has 42 heavy (non-hydrogen) atoms. The zero-order chi connectivity index (χ0) is 29.7. The highest BCUT2D eigenvalue weighted by molar-refractivity contribution is 7.92. The van der Waals surface area contributed by atoms with E-state index in [9.17, 15) is 17.6 Å². The van der Waals surface area contributed by atoms with E-state index < -0.39 is 38.8 Å². The molecule has 3 heterocycles. The van der Waals surface area contributed by atoms with Gasteiger partial charge >= 0.3 is 0 Å². The summed E-state index contributed by atoms with van der Waals surface area (Å²) in [6.07, 6.45) is 10.6. The van der Waals surface area contributed by atoms with E-state index in [4.69, 9.17) is 0 Å². The molecule has 0 aliphatic carbocycles. The number of aromatic nitrogens is 3. The minimum atomic E-state index is -3.85. The molecule has 1 aliphatic rings. The predicted octanol–water partition coefficient (Wildman–Crippen LogP) is 6.24. The standard InChI is InChI=1S/C30H34F2N6O3S/c1-2-16-42(40,41)36-25-13-12-24(31)28(29(25)32)30(39)34-22-19-33-27-18-26(35-38(27)20-22)21-10-9-11-23(17-21)37-14-7-5-3-4-6-8-15-37/h9-13,17-20,36H,2-8,14-16H2,1H3,(H,34,39). The fraction of sp³-hybridized carbons (Fsp3) is 0.367. The van der Waals surface area contributed by atoms with E-state index in [2.05, 4.69) is 37.2 Å². The van der Waals surface area contributed by atoms with Crippen LogP contribution in [0.15, 0.2) is 54.9 Å². The lowest BCUT2D eigenvalue weighted by Gasteiger charge is -2.24. The van der Waals surface area contributed by atoms with Gasteiger partial charge in [-0.1, -0.05) is 44.7 Å². The number of amides is 1. The van der Waals surface area contributed by atoms with Crippen LogP contribution in [-0.2, 0) is 10.0 Å². The van der Waals surface area contributed by atoms with E-state index in [0.717, 1.165) is 36.5 Å². The summed E-state index contributed by atoms with van der Waals surface area (Å²) in [6.45, 7) is 3.70. The molecule has 222 valence electrons. The lowest BCUT2D eigenvalue weighted by molar-refractivity contribution is 0.101. The van der Waals surface area contributed by atoms with Crippen LogP contribution < -0.4 is 14.9 Å². The number of fused-ring (bicyclic) bond motifs is 1. The van der Waals surface area contributed by atoms with Crippen LogP contribution in [0.2, 0.25) is 0 Å². The zero-order valence-electron chi connectivity index (χ0n) is 23.4. The van der Waals surface area contributed by atoms with E-state index in [1.54, 1.807) is 6.92 Å². The summed E-state index contributed by atoms with van der Waals surface area (Å²) < 4.78 is 57.3. The molecule has 1 saturated heterocycles. The highest BCUT2D eigenvalue weighted by Crippen LogP contribution is 2.27. The Morgan fingerprint density at radius 2 is 1.74 bits per heavy atom. The number of halogens is 2. The predicted molar refractivity (Wildman–Crippen MR) is 160 cm³/mol. The van der Waals surface area contributed by atoms with Crippen molar-refractivity contribution in [3.05, 3.63) is 72.1 Å². The topological polar surface area (TPSA) is 109 Å². The molecule has 4 aromatic rings. The molecule has 1 amide bonds. The number of carbonyl (C=O) groups excluding carboxylic acids is 1. The number of nitrogens with zero attached hydrogens (tertiary/aromatic N) is 4. The number of hydrogen-bond donors (Lipinski definition) is 2. The number of hydrogen-bond acceptors (Lipinski definition) is 6. The van der Waals surface area contributed by atoms with Gasteiger partial charge in [-0.2, -0.15) is 5.10 Å². The van der Waals surface area contributed by atoms with Gasteiger partial charge in [0.25, 0.3) is 5.91 Å². The maximum Gasteiger partial charge on any atom is 0.261 e. The molecule has 2 aromatic heterocycles. The zero-order valence-corrected chi connectivity index (χ0v) is 24.3. The normalized spacial score (nSPS) is 14.7. The molecule has 0 atom stereocenters. The third-order valence-electron chi connectivity index (χ3n) is 7.24. The quantitative estimate of drug-likeness (QED) is 0.249. The molecule has 0 bridgehead atoms. The third kappa shape index (κ3) is 6.87. The van der Waals surface area contributed by atoms with E-state index in [-0.39, 0.29) is 11.4 Å². The molecule has 0 saturated carbocycles. The second kappa shape index (κ2) is 12.8. The van der Waals surface area contributed by atoms with Crippen molar-refractivity contribution in [2.75, 3.05) is 33.8 Å². The van der Waals surface area contributed by atoms with Crippen LogP contribution in [0.25, 0.3) is 16.9 Å². The Morgan fingerprint density at radius 1 is 1.00 bits per heavy atom. The average molecular weight is 597 g/mol. The van der Waals surface area contributed by atoms with Crippen molar-refractivity contribution < 1.29 is 22.0 Å². The van der Waals surface area contributed by atoms with E-state index >= 15 is 4.39 Å². The second-order valence-electron chi connectivity index (χ2n) is 10.5. The molecule has 5 rings (SSSR count). The van der Waals surface area contributed by atoms with E-state index in [0.29, 0.717) is 17.8 Å². The fourth-order valence-corrected chi connectivity index (χ4v) is 6.28. The molecule has 2 N–H and O–H groups in total. The summed E-state index contributed by atoms with van der Waals surface area (Å²) in [7, 11) is -3.85. The van der Waals surface area contributed by atoms with Crippen LogP contribution in [0.4, 0.5) is 25.8 Å². The third-order valence-corrected chi connectivity index (χ3v) is 8.72. The van der Waals surface area contributed by atoms with Crippen LogP contribution in [0.1, 0.15) is 62.2 Å². The number of benzene rings is 2. The van der Waals surface area contributed by atoms with Crippen molar-refractivity contribution >= 4 is 38.6 Å². The number of rotatable bonds is 8. The van der Waals surface area contributed by atoms with Gasteiger partial charge in [0.05, 0.1) is 35.2 Å². The lowest BCUT2D eigenvalue weighted by atomic mass is 10.1. The summed E-state index contributed by atoms with van der Waals surface area (Å²) in [5.41, 5.74) is 2.04. The van der Waals surface area contributed by atoms with Gasteiger partial charge in [0.2, 0.25) is 10.0 Å². The SMILES string of the molecule is CCCS(=O)(=O)Nc1ccc(F)c(C(=O)Nc2cnc3cc(-c4cccc(N5CCCCCCCC5)c4)nn3c2)c1F. The smallest absolute Gasteiger partial charge is 0.261 e. The Labute approximate surface area is 244 Å². The molecule has 0 spiro atoms. The lowest BCUT2D eigenvalue weighted by Crippen LogP contribution is -2.25. The highest BCUT2D eigenvalue weighted by Gasteiger charge is 2.23. The Bertz CT molecular complexity index is 1680. The largest absolute Gasteiger partial charge is 0.372 e. The summed E-state index contributed by atoms with van der Waals surface area (Å²) >= 11 is 0. The minimum Gasteiger partial charge on any atom is -0.372 e. The van der Waals surface area contributed by atoms with E-state index in [1.165, 1.54) is 55.4 Å². The molecular formula is C30H34F2N6O3S. The highest BCUT2D eigenvalue weighted by atomic mass is 32.2. The van der Waals surface area contributed by atoms with Crippen molar-refractivity contribution in [2.24, 2.45) is 0 Å². The van der Waals surface area contributed by atoms with Gasteiger partial charge < -0.3 is 10.2 Å². The monoisotopic (exact) mass is 596 g/mol. The Morgan fingerprint density at radius 3 is 2.48 bits per heavy atom. The summed E-state index contributed by atoms with van der Waals surface area (Å²) in [5, 5.41) is 7.06. The van der Waals surface area contributed by atoms with Gasteiger partial charge in [-0.25, -0.2) is 26.7 Å². The minimum absolute atomic E-state index is 0.156. The number of sulfonamides is 1. The van der Waals surface area contributed by atoms with Crippen molar-refractivity contribution in [1.82, 2.24) is 14.6 Å². The molecule has 0 unspecified atom stereocenters. The number of nitrogens with one attached hydrogen (secondary N) is 2. The molecule has 1 fully saturated rings. The molecular weight excluding hydrogens is 562 g/mol. The van der Waals surface area contributed by atoms with Gasteiger partial charge in [0, 0.05) is 30.4 Å². The van der Waals surface area contributed by atoms with E-state index in [1.807, 2.05) is 18.2 Å². The second-order valence-corrected chi connectivity index (χ2v) is 12.3. The van der Waals surface area contributed by atoms with Crippen LogP contribution in [0.5, 0.6) is 0 Å². The first-order valence-electron chi connectivity index (χ1n) is 14.2. The first-order valence-corrected chi connectivity index (χ1v) is 15.9. The first-order chi connectivity index (χ1) is 20.2. The van der Waals surface area contributed by atoms with Crippen LogP contribution in [-0.4, -0.2) is 47.8 Å². The van der Waals surface area contributed by atoms with Gasteiger partial charge in [0.1, 0.15) is 11.4 Å². The Kier molecular flexibility index (Phi) is 9.00. The Hall–Kier alpha value is -4.06. The first kappa shape index (κ1) is 29.4. The molecule has 2 aromatic carbocycles. The van der Waals surface area contributed by atoms with Gasteiger partial charge in [-0.3, -0.25) is 9.52 Å². The van der Waals surface area contributed by atoms with Crippen LogP contribution in [0, 0.1) is 11.6 Å². The van der Waals surface area contributed by atoms with Crippen LogP contribution in [0.3, 0.4) is 0 Å². The summed E-state index contributed by atoms with van der Waals surface area (Å²) in [4.78, 5) is 19.7. The average Bonchev–Trinajstić information content (AvgIpc) is 3.43. The number of carbonyl (C=O) groups is 1. The van der Waals surface area contributed by atoms with Crippen molar-refractivity contribution in [1.29, 1.82) is 0 Å². The van der Waals surface area contributed by atoms with Crippen molar-refractivity contribution in [2.45, 2.75) is 51.9 Å². The maximum atomic E-state index is 15.1. The number of anilines is 3. The van der Waals surface area contributed by atoms with Gasteiger partial charge in [-0.05, 0) is 43.5 Å². The summed E-state index contributed by atoms with van der Waals surface area (Å²) in [6, 6.07) is 11.8. The Balaban J connectivity index is 1.36. The van der Waals surface area contributed by atoms with Crippen molar-refractivity contribution in [3.8, 4) is 11.3 Å². The molecule has 0 radical (unpaired) electrons. The molecule has 1 aliphatic heterocycles.